The summed E-state index contributed by atoms with van der Waals surface area (Å²) in [5.74, 6) is 3.71. The molecule has 2 aliphatic heterocycles. The molecule has 11 rings (SSSR count). The highest BCUT2D eigenvalue weighted by Crippen LogP contribution is 2.50. The van der Waals surface area contributed by atoms with Gasteiger partial charge in [0.1, 0.15) is 23.0 Å². The van der Waals surface area contributed by atoms with Crippen LogP contribution in [-0.4, -0.2) is 0 Å². The van der Waals surface area contributed by atoms with E-state index in [1.807, 2.05) is 12.1 Å². The Morgan fingerprint density at radius 2 is 0.721 bits per heavy atom. The molecular formula is C58H45NO2. The summed E-state index contributed by atoms with van der Waals surface area (Å²) >= 11 is 0. The molecule has 0 aromatic heterocycles. The standard InChI is InChI=1S/C58H45NO2/c1-57(2)49-16-7-9-18-53(49)60-55-34-26-42(36-51(55)57)38-20-28-44(29-21-38)59(46-32-24-41(25-33-46)48-15-11-13-40-12-5-6-14-47(40)48)45-30-22-39(23-31-45)43-27-35-56-52(37-43)58(3,4)50-17-8-10-19-54(50)61-56/h5-37H,1-4H3. The fraction of sp³-hybridized carbons (Fsp3) is 0.103. The lowest BCUT2D eigenvalue weighted by Crippen LogP contribution is -2.24. The highest BCUT2D eigenvalue weighted by atomic mass is 16.5. The number of hydrogen-bond acceptors (Lipinski definition) is 3. The second-order valence-electron chi connectivity index (χ2n) is 17.4. The third kappa shape index (κ3) is 6.19. The Hall–Kier alpha value is -7.36. The Kier molecular flexibility index (Phi) is 8.51. The molecule has 0 saturated carbocycles. The monoisotopic (exact) mass is 787 g/mol. The fourth-order valence-electron chi connectivity index (χ4n) is 9.57. The van der Waals surface area contributed by atoms with Crippen LogP contribution in [0.2, 0.25) is 0 Å². The maximum atomic E-state index is 6.38. The molecule has 0 radical (unpaired) electrons. The average Bonchev–Trinajstić information content (AvgIpc) is 3.30. The van der Waals surface area contributed by atoms with Crippen molar-refractivity contribution in [3.05, 3.63) is 222 Å². The molecule has 9 aromatic carbocycles. The first-order chi connectivity index (χ1) is 29.7. The van der Waals surface area contributed by atoms with E-state index in [4.69, 9.17) is 9.47 Å². The van der Waals surface area contributed by atoms with Gasteiger partial charge in [-0.15, -0.1) is 0 Å². The van der Waals surface area contributed by atoms with Gasteiger partial charge in [0.05, 0.1) is 0 Å². The molecule has 3 heteroatoms. The molecule has 3 nitrogen and oxygen atoms in total. The van der Waals surface area contributed by atoms with Crippen molar-refractivity contribution in [3.63, 3.8) is 0 Å². The summed E-state index contributed by atoms with van der Waals surface area (Å²) in [5, 5.41) is 2.49. The zero-order valence-electron chi connectivity index (χ0n) is 34.8. The fourth-order valence-corrected chi connectivity index (χ4v) is 9.57. The summed E-state index contributed by atoms with van der Waals surface area (Å²) in [4.78, 5) is 2.35. The molecule has 61 heavy (non-hydrogen) atoms. The first kappa shape index (κ1) is 36.7. The van der Waals surface area contributed by atoms with Crippen LogP contribution in [0.5, 0.6) is 23.0 Å². The lowest BCUT2D eigenvalue weighted by Gasteiger charge is -2.34. The van der Waals surface area contributed by atoms with Gasteiger partial charge in [-0.1, -0.05) is 155 Å². The Morgan fingerprint density at radius 1 is 0.328 bits per heavy atom. The van der Waals surface area contributed by atoms with Crippen LogP contribution in [0.4, 0.5) is 17.1 Å². The van der Waals surface area contributed by atoms with E-state index in [1.54, 1.807) is 0 Å². The van der Waals surface area contributed by atoms with Gasteiger partial charge in [0.2, 0.25) is 0 Å². The average molecular weight is 788 g/mol. The van der Waals surface area contributed by atoms with Gasteiger partial charge in [-0.2, -0.15) is 0 Å². The summed E-state index contributed by atoms with van der Waals surface area (Å²) in [6.07, 6.45) is 0. The molecule has 0 unspecified atom stereocenters. The van der Waals surface area contributed by atoms with Crippen molar-refractivity contribution in [3.8, 4) is 56.4 Å². The molecule has 0 atom stereocenters. The molecule has 0 fully saturated rings. The van der Waals surface area contributed by atoms with Crippen LogP contribution in [0.15, 0.2) is 200 Å². The van der Waals surface area contributed by atoms with Crippen molar-refractivity contribution in [2.45, 2.75) is 38.5 Å². The largest absolute Gasteiger partial charge is 0.457 e. The van der Waals surface area contributed by atoms with Gasteiger partial charge in [-0.05, 0) is 117 Å². The predicted octanol–water partition coefficient (Wildman–Crippen LogP) is 16.2. The Balaban J connectivity index is 0.954. The third-order valence-corrected chi connectivity index (χ3v) is 13.0. The van der Waals surface area contributed by atoms with E-state index < -0.39 is 0 Å². The van der Waals surface area contributed by atoms with Crippen molar-refractivity contribution in [1.29, 1.82) is 0 Å². The van der Waals surface area contributed by atoms with Gasteiger partial charge in [0, 0.05) is 50.1 Å². The number of nitrogens with zero attached hydrogens (tertiary/aromatic N) is 1. The third-order valence-electron chi connectivity index (χ3n) is 13.0. The zero-order valence-corrected chi connectivity index (χ0v) is 34.8. The maximum absolute atomic E-state index is 6.38. The Labute approximate surface area is 358 Å². The predicted molar refractivity (Wildman–Crippen MR) is 252 cm³/mol. The topological polar surface area (TPSA) is 21.7 Å². The van der Waals surface area contributed by atoms with Gasteiger partial charge in [-0.3, -0.25) is 0 Å². The molecule has 0 bridgehead atoms. The summed E-state index contributed by atoms with van der Waals surface area (Å²) in [5.41, 5.74) is 14.7. The SMILES string of the molecule is CC1(C)c2ccccc2Oc2ccc(-c3ccc(N(c4ccc(-c5ccc6c(c5)C(C)(C)c5ccccc5O6)cc4)c4ccc(-c5cccc6ccccc56)cc4)cc3)cc21. The van der Waals surface area contributed by atoms with Crippen LogP contribution in [0, 0.1) is 0 Å². The minimum Gasteiger partial charge on any atom is -0.457 e. The number of rotatable bonds is 6. The van der Waals surface area contributed by atoms with Crippen molar-refractivity contribution in [2.24, 2.45) is 0 Å². The second kappa shape index (κ2) is 14.1. The zero-order chi connectivity index (χ0) is 41.3. The van der Waals surface area contributed by atoms with Crippen molar-refractivity contribution in [1.82, 2.24) is 0 Å². The van der Waals surface area contributed by atoms with Crippen LogP contribution in [0.1, 0.15) is 49.9 Å². The first-order valence-electron chi connectivity index (χ1n) is 21.2. The molecule has 0 saturated heterocycles. The molecule has 9 aromatic rings. The minimum atomic E-state index is -0.185. The van der Waals surface area contributed by atoms with Gasteiger partial charge in [-0.25, -0.2) is 0 Å². The van der Waals surface area contributed by atoms with Crippen molar-refractivity contribution in [2.75, 3.05) is 4.90 Å². The van der Waals surface area contributed by atoms with E-state index >= 15 is 0 Å². The van der Waals surface area contributed by atoms with Crippen LogP contribution >= 0.6 is 0 Å². The van der Waals surface area contributed by atoms with Crippen LogP contribution in [-0.2, 0) is 10.8 Å². The lowest BCUT2D eigenvalue weighted by atomic mass is 9.75. The van der Waals surface area contributed by atoms with Gasteiger partial charge in [0.25, 0.3) is 0 Å². The Bertz CT molecular complexity index is 2960. The summed E-state index contributed by atoms with van der Waals surface area (Å²) in [7, 11) is 0. The van der Waals surface area contributed by atoms with Gasteiger partial charge >= 0.3 is 0 Å². The molecule has 0 N–H and O–H groups in total. The van der Waals surface area contributed by atoms with E-state index in [0.717, 1.165) is 51.2 Å². The quantitative estimate of drug-likeness (QED) is 0.168. The minimum absolute atomic E-state index is 0.185. The number of anilines is 3. The van der Waals surface area contributed by atoms with Crippen LogP contribution in [0.25, 0.3) is 44.2 Å². The normalized spacial score (nSPS) is 14.1. The number of fused-ring (bicyclic) bond motifs is 5. The van der Waals surface area contributed by atoms with E-state index in [-0.39, 0.29) is 10.8 Å². The molecule has 0 spiro atoms. The molecule has 2 aliphatic rings. The molecule has 0 aliphatic carbocycles. The van der Waals surface area contributed by atoms with Gasteiger partial charge in [0.15, 0.2) is 0 Å². The van der Waals surface area contributed by atoms with Crippen LogP contribution < -0.4 is 14.4 Å². The number of benzene rings is 9. The van der Waals surface area contributed by atoms with E-state index in [2.05, 4.69) is 221 Å². The van der Waals surface area contributed by atoms with E-state index in [0.29, 0.717) is 0 Å². The molecule has 294 valence electrons. The van der Waals surface area contributed by atoms with Crippen molar-refractivity contribution >= 4 is 27.8 Å². The molecular weight excluding hydrogens is 743 g/mol. The van der Waals surface area contributed by atoms with Crippen LogP contribution in [0.3, 0.4) is 0 Å². The lowest BCUT2D eigenvalue weighted by molar-refractivity contribution is 0.418. The number of ether oxygens (including phenoxy) is 2. The van der Waals surface area contributed by atoms with E-state index in [1.165, 1.54) is 55.3 Å². The van der Waals surface area contributed by atoms with Crippen molar-refractivity contribution < 1.29 is 9.47 Å². The number of para-hydroxylation sites is 2. The number of hydrogen-bond donors (Lipinski definition) is 0. The summed E-state index contributed by atoms with van der Waals surface area (Å²) in [6.45, 7) is 9.15. The highest BCUT2D eigenvalue weighted by molar-refractivity contribution is 5.97. The highest BCUT2D eigenvalue weighted by Gasteiger charge is 2.35. The molecule has 0 amide bonds. The smallest absolute Gasteiger partial charge is 0.131 e. The van der Waals surface area contributed by atoms with E-state index in [9.17, 15) is 0 Å². The first-order valence-corrected chi connectivity index (χ1v) is 21.2. The molecule has 2 heterocycles. The Morgan fingerprint density at radius 3 is 1.23 bits per heavy atom. The maximum Gasteiger partial charge on any atom is 0.131 e. The summed E-state index contributed by atoms with van der Waals surface area (Å²) in [6, 6.07) is 72.0. The summed E-state index contributed by atoms with van der Waals surface area (Å²) < 4.78 is 12.8. The second-order valence-corrected chi connectivity index (χ2v) is 17.4. The van der Waals surface area contributed by atoms with Gasteiger partial charge < -0.3 is 14.4 Å².